The van der Waals surface area contributed by atoms with E-state index in [0.717, 1.165) is 19.6 Å². The number of rotatable bonds is 5. The van der Waals surface area contributed by atoms with Crippen LogP contribution < -0.4 is 16.8 Å². The Bertz CT molecular complexity index is 255. The third-order valence-electron chi connectivity index (χ3n) is 2.85. The standard InChI is InChI=1S/C11H23N5O/c12-11(13)15-9-10(17)14-5-8-16-6-3-1-2-4-7-16/h1-9H2,(H,14,17)(H4,12,13,15). The summed E-state index contributed by atoms with van der Waals surface area (Å²) >= 11 is 0. The van der Waals surface area contributed by atoms with E-state index in [1.165, 1.54) is 25.7 Å². The van der Waals surface area contributed by atoms with Gasteiger partial charge in [0.05, 0.1) is 0 Å². The molecule has 1 saturated heterocycles. The van der Waals surface area contributed by atoms with Gasteiger partial charge in [-0.1, -0.05) is 12.8 Å². The van der Waals surface area contributed by atoms with E-state index >= 15 is 0 Å². The molecule has 17 heavy (non-hydrogen) atoms. The maximum absolute atomic E-state index is 11.3. The summed E-state index contributed by atoms with van der Waals surface area (Å²) in [7, 11) is 0. The number of nitrogens with zero attached hydrogens (tertiary/aromatic N) is 2. The van der Waals surface area contributed by atoms with E-state index in [2.05, 4.69) is 15.2 Å². The van der Waals surface area contributed by atoms with Crippen LogP contribution in [0.4, 0.5) is 0 Å². The fourth-order valence-electron chi connectivity index (χ4n) is 1.93. The molecular weight excluding hydrogens is 218 g/mol. The van der Waals surface area contributed by atoms with E-state index in [4.69, 9.17) is 11.5 Å². The Morgan fingerprint density at radius 3 is 2.41 bits per heavy atom. The second-order valence-corrected chi connectivity index (χ2v) is 4.35. The lowest BCUT2D eigenvalue weighted by Crippen LogP contribution is -2.36. The first-order valence-corrected chi connectivity index (χ1v) is 6.23. The Kier molecular flexibility index (Phi) is 6.39. The molecule has 0 radical (unpaired) electrons. The van der Waals surface area contributed by atoms with Gasteiger partial charge in [-0.25, -0.2) is 4.99 Å². The number of carbonyl (C=O) groups is 1. The first-order chi connectivity index (χ1) is 8.18. The van der Waals surface area contributed by atoms with E-state index in [1.807, 2.05) is 0 Å². The molecule has 0 aromatic rings. The maximum atomic E-state index is 11.3. The molecule has 1 rings (SSSR count). The molecule has 0 atom stereocenters. The zero-order chi connectivity index (χ0) is 12.5. The summed E-state index contributed by atoms with van der Waals surface area (Å²) in [5.74, 6) is -0.180. The van der Waals surface area contributed by atoms with Crippen LogP contribution in [0.1, 0.15) is 25.7 Å². The summed E-state index contributed by atoms with van der Waals surface area (Å²) in [5.41, 5.74) is 10.3. The number of nitrogens with one attached hydrogen (secondary N) is 1. The molecule has 0 aromatic heterocycles. The Morgan fingerprint density at radius 1 is 1.18 bits per heavy atom. The van der Waals surface area contributed by atoms with Gasteiger partial charge in [-0.05, 0) is 25.9 Å². The highest BCUT2D eigenvalue weighted by atomic mass is 16.1. The van der Waals surface area contributed by atoms with Gasteiger partial charge < -0.3 is 21.7 Å². The molecule has 1 aliphatic rings. The molecule has 1 aliphatic heterocycles. The van der Waals surface area contributed by atoms with Crippen LogP contribution in [0.25, 0.3) is 0 Å². The quantitative estimate of drug-likeness (QED) is 0.436. The molecule has 0 saturated carbocycles. The lowest BCUT2D eigenvalue weighted by Gasteiger charge is -2.19. The minimum absolute atomic E-state index is 0.0162. The van der Waals surface area contributed by atoms with Gasteiger partial charge in [0.2, 0.25) is 5.91 Å². The summed E-state index contributed by atoms with van der Waals surface area (Å²) in [6.07, 6.45) is 5.19. The minimum Gasteiger partial charge on any atom is -0.370 e. The van der Waals surface area contributed by atoms with Crippen LogP contribution in [0.5, 0.6) is 0 Å². The zero-order valence-electron chi connectivity index (χ0n) is 10.3. The highest BCUT2D eigenvalue weighted by Crippen LogP contribution is 2.08. The summed E-state index contributed by atoms with van der Waals surface area (Å²) in [6, 6.07) is 0. The topological polar surface area (TPSA) is 96.7 Å². The largest absolute Gasteiger partial charge is 0.370 e. The van der Waals surface area contributed by atoms with Crippen molar-refractivity contribution in [2.75, 3.05) is 32.7 Å². The predicted molar refractivity (Wildman–Crippen MR) is 68.6 cm³/mol. The summed E-state index contributed by atoms with van der Waals surface area (Å²) in [4.78, 5) is 17.4. The lowest BCUT2D eigenvalue weighted by molar-refractivity contribution is -0.119. The number of nitrogens with two attached hydrogens (primary N) is 2. The normalized spacial score (nSPS) is 17.2. The molecule has 98 valence electrons. The number of hydrogen-bond donors (Lipinski definition) is 3. The Morgan fingerprint density at radius 2 is 1.82 bits per heavy atom. The number of likely N-dealkylation sites (tertiary alicyclic amines) is 1. The lowest BCUT2D eigenvalue weighted by atomic mass is 10.2. The van der Waals surface area contributed by atoms with Crippen molar-refractivity contribution >= 4 is 11.9 Å². The second kappa shape index (κ2) is 7.89. The number of carbonyl (C=O) groups excluding carboxylic acids is 1. The van der Waals surface area contributed by atoms with Crippen molar-refractivity contribution < 1.29 is 4.79 Å². The first kappa shape index (κ1) is 13.8. The van der Waals surface area contributed by atoms with Gasteiger partial charge in [-0.3, -0.25) is 4.79 Å². The van der Waals surface area contributed by atoms with Crippen molar-refractivity contribution in [1.82, 2.24) is 10.2 Å². The van der Waals surface area contributed by atoms with Crippen LogP contribution in [0.2, 0.25) is 0 Å². The third kappa shape index (κ3) is 6.78. The molecule has 0 bridgehead atoms. The highest BCUT2D eigenvalue weighted by molar-refractivity contribution is 5.82. The summed E-state index contributed by atoms with van der Waals surface area (Å²) in [5, 5.41) is 2.81. The molecule has 0 unspecified atom stereocenters. The Labute approximate surface area is 102 Å². The van der Waals surface area contributed by atoms with Crippen molar-refractivity contribution in [3.05, 3.63) is 0 Å². The third-order valence-corrected chi connectivity index (χ3v) is 2.85. The first-order valence-electron chi connectivity index (χ1n) is 6.23. The van der Waals surface area contributed by atoms with Gasteiger partial charge in [0.25, 0.3) is 0 Å². The molecule has 5 N–H and O–H groups in total. The summed E-state index contributed by atoms with van der Waals surface area (Å²) < 4.78 is 0. The molecule has 1 fully saturated rings. The van der Waals surface area contributed by atoms with E-state index in [1.54, 1.807) is 0 Å². The molecule has 1 amide bonds. The van der Waals surface area contributed by atoms with Crippen LogP contribution in [0, 0.1) is 0 Å². The predicted octanol–water partition coefficient (Wildman–Crippen LogP) is -0.748. The average molecular weight is 241 g/mol. The summed E-state index contributed by atoms with van der Waals surface area (Å²) in [6.45, 7) is 3.88. The van der Waals surface area contributed by atoms with Crippen LogP contribution in [0.3, 0.4) is 0 Å². The molecule has 6 nitrogen and oxygen atoms in total. The van der Waals surface area contributed by atoms with Gasteiger partial charge in [-0.2, -0.15) is 0 Å². The van der Waals surface area contributed by atoms with Crippen molar-refractivity contribution in [3.8, 4) is 0 Å². The molecular formula is C11H23N5O. The van der Waals surface area contributed by atoms with Gasteiger partial charge in [0, 0.05) is 13.1 Å². The van der Waals surface area contributed by atoms with Crippen LogP contribution in [0.15, 0.2) is 4.99 Å². The van der Waals surface area contributed by atoms with Crippen LogP contribution in [-0.4, -0.2) is 49.5 Å². The SMILES string of the molecule is NC(N)=NCC(=O)NCCN1CCCCCC1. The second-order valence-electron chi connectivity index (χ2n) is 4.35. The number of guanidine groups is 1. The van der Waals surface area contributed by atoms with Crippen molar-refractivity contribution in [2.45, 2.75) is 25.7 Å². The average Bonchev–Trinajstić information content (AvgIpc) is 2.55. The number of amides is 1. The van der Waals surface area contributed by atoms with Crippen LogP contribution in [-0.2, 0) is 4.79 Å². The van der Waals surface area contributed by atoms with Gasteiger partial charge in [-0.15, -0.1) is 0 Å². The van der Waals surface area contributed by atoms with Crippen molar-refractivity contribution in [2.24, 2.45) is 16.5 Å². The maximum Gasteiger partial charge on any atom is 0.241 e. The van der Waals surface area contributed by atoms with E-state index < -0.39 is 0 Å². The molecule has 0 aromatic carbocycles. The smallest absolute Gasteiger partial charge is 0.241 e. The van der Waals surface area contributed by atoms with E-state index in [9.17, 15) is 4.79 Å². The fraction of sp³-hybridized carbons (Fsp3) is 0.818. The molecule has 0 spiro atoms. The zero-order valence-corrected chi connectivity index (χ0v) is 10.3. The van der Waals surface area contributed by atoms with Gasteiger partial charge >= 0.3 is 0 Å². The van der Waals surface area contributed by atoms with Gasteiger partial charge in [0.15, 0.2) is 5.96 Å². The van der Waals surface area contributed by atoms with Gasteiger partial charge in [0.1, 0.15) is 6.54 Å². The monoisotopic (exact) mass is 241 g/mol. The highest BCUT2D eigenvalue weighted by Gasteiger charge is 2.08. The minimum atomic E-state index is -0.131. The molecule has 1 heterocycles. The Hall–Kier alpha value is -1.30. The van der Waals surface area contributed by atoms with Crippen molar-refractivity contribution in [1.29, 1.82) is 0 Å². The number of aliphatic imine (C=N–C) groups is 1. The molecule has 6 heteroatoms. The van der Waals surface area contributed by atoms with E-state index in [-0.39, 0.29) is 18.4 Å². The van der Waals surface area contributed by atoms with Crippen molar-refractivity contribution in [3.63, 3.8) is 0 Å². The molecule has 0 aliphatic carbocycles. The van der Waals surface area contributed by atoms with Crippen LogP contribution >= 0.6 is 0 Å². The number of hydrogen-bond acceptors (Lipinski definition) is 3. The Balaban J connectivity index is 2.09. The fourth-order valence-corrected chi connectivity index (χ4v) is 1.93. The van der Waals surface area contributed by atoms with E-state index in [0.29, 0.717) is 6.54 Å².